The van der Waals surface area contributed by atoms with Gasteiger partial charge in [0.15, 0.2) is 0 Å². The van der Waals surface area contributed by atoms with Crippen LogP contribution < -0.4 is 5.32 Å². The highest BCUT2D eigenvalue weighted by molar-refractivity contribution is 7.89. The first-order valence-corrected chi connectivity index (χ1v) is 10.4. The van der Waals surface area contributed by atoms with E-state index >= 15 is 0 Å². The molecule has 1 aromatic carbocycles. The van der Waals surface area contributed by atoms with Crippen LogP contribution in [-0.2, 0) is 24.3 Å². The topological polar surface area (TPSA) is 92.8 Å². The maximum atomic E-state index is 12.9. The molecule has 0 saturated carbocycles. The molecule has 1 amide bonds. The molecule has 2 rings (SSSR count). The molecule has 1 aliphatic rings. The van der Waals surface area contributed by atoms with Crippen LogP contribution in [0.4, 0.5) is 0 Å². The number of piperazine rings is 1. The average molecular weight is 403 g/mol. The fourth-order valence-electron chi connectivity index (χ4n) is 2.67. The van der Waals surface area contributed by atoms with Gasteiger partial charge >= 0.3 is 5.97 Å². The van der Waals surface area contributed by atoms with Crippen LogP contribution in [0.25, 0.3) is 0 Å². The van der Waals surface area contributed by atoms with Gasteiger partial charge in [0.2, 0.25) is 15.9 Å². The fourth-order valence-corrected chi connectivity index (χ4v) is 4.39. The Morgan fingerprint density at radius 3 is 2.65 bits per heavy atom. The van der Waals surface area contributed by atoms with E-state index in [0.717, 1.165) is 23.6 Å². The van der Waals surface area contributed by atoms with Crippen LogP contribution in [0.1, 0.15) is 32.6 Å². The second-order valence-corrected chi connectivity index (χ2v) is 8.34. The summed E-state index contributed by atoms with van der Waals surface area (Å²) in [5, 5.41) is 3.01. The lowest BCUT2D eigenvalue weighted by Crippen LogP contribution is -2.57. The maximum Gasteiger partial charge on any atom is 0.307 e. The number of hydrogen-bond donors (Lipinski definition) is 1. The Labute approximate surface area is 158 Å². The van der Waals surface area contributed by atoms with Gasteiger partial charge < -0.3 is 10.1 Å². The van der Waals surface area contributed by atoms with E-state index in [4.69, 9.17) is 16.3 Å². The lowest BCUT2D eigenvalue weighted by molar-refractivity contribution is -0.147. The molecule has 0 aliphatic carbocycles. The summed E-state index contributed by atoms with van der Waals surface area (Å²) in [5.41, 5.74) is 0. The van der Waals surface area contributed by atoms with Gasteiger partial charge in [-0.1, -0.05) is 31.4 Å². The number of rotatable bonds is 8. The van der Waals surface area contributed by atoms with Crippen LogP contribution in [0, 0.1) is 0 Å². The van der Waals surface area contributed by atoms with Crippen molar-refractivity contribution in [3.05, 3.63) is 29.3 Å². The van der Waals surface area contributed by atoms with Gasteiger partial charge in [-0.2, -0.15) is 4.31 Å². The smallest absolute Gasteiger partial charge is 0.307 e. The molecular weight excluding hydrogens is 380 g/mol. The molecule has 0 spiro atoms. The third kappa shape index (κ3) is 5.18. The first kappa shape index (κ1) is 20.7. The molecule has 1 heterocycles. The third-order valence-electron chi connectivity index (χ3n) is 4.07. The molecule has 0 aromatic heterocycles. The fraction of sp³-hybridized carbons (Fsp3) is 0.529. The van der Waals surface area contributed by atoms with E-state index < -0.39 is 27.9 Å². The second kappa shape index (κ2) is 9.34. The molecule has 1 N–H and O–H groups in total. The van der Waals surface area contributed by atoms with Crippen molar-refractivity contribution in [2.24, 2.45) is 0 Å². The molecule has 0 bridgehead atoms. The molecule has 1 aliphatic heterocycles. The summed E-state index contributed by atoms with van der Waals surface area (Å²) in [6.45, 7) is 2.58. The molecule has 1 saturated heterocycles. The zero-order valence-corrected chi connectivity index (χ0v) is 16.2. The minimum absolute atomic E-state index is 0.0258. The van der Waals surface area contributed by atoms with Gasteiger partial charge in [-0.15, -0.1) is 0 Å². The number of amides is 1. The van der Waals surface area contributed by atoms with Gasteiger partial charge in [0.25, 0.3) is 0 Å². The van der Waals surface area contributed by atoms with Crippen LogP contribution in [0.5, 0.6) is 0 Å². The van der Waals surface area contributed by atoms with E-state index in [1.807, 2.05) is 6.92 Å². The molecule has 144 valence electrons. The summed E-state index contributed by atoms with van der Waals surface area (Å²) in [6, 6.07) is 4.57. The number of carbonyl (C=O) groups excluding carboxylic acids is 2. The standard InChI is InChI=1S/C17H23ClN2O5S/c1-2-3-4-11-25-16(21)12-15-17(22)19-9-10-20(15)26(23,24)14-7-5-13(18)6-8-14/h5-8,15H,2-4,9-12H2,1H3,(H,19,22). The Hall–Kier alpha value is -1.64. The quantitative estimate of drug-likeness (QED) is 0.530. The number of sulfonamides is 1. The van der Waals surface area contributed by atoms with E-state index in [-0.39, 0.29) is 31.0 Å². The van der Waals surface area contributed by atoms with Crippen molar-refractivity contribution < 1.29 is 22.7 Å². The van der Waals surface area contributed by atoms with Crippen molar-refractivity contribution in [2.45, 2.75) is 43.5 Å². The van der Waals surface area contributed by atoms with Gasteiger partial charge in [0.1, 0.15) is 6.04 Å². The van der Waals surface area contributed by atoms with Crippen LogP contribution in [0.15, 0.2) is 29.2 Å². The molecule has 1 unspecified atom stereocenters. The zero-order chi connectivity index (χ0) is 19.2. The van der Waals surface area contributed by atoms with Gasteiger partial charge in [-0.3, -0.25) is 9.59 Å². The van der Waals surface area contributed by atoms with Crippen molar-refractivity contribution in [1.82, 2.24) is 9.62 Å². The lowest BCUT2D eigenvalue weighted by atomic mass is 10.1. The van der Waals surface area contributed by atoms with Crippen molar-refractivity contribution >= 4 is 33.5 Å². The van der Waals surface area contributed by atoms with Crippen LogP contribution in [0.2, 0.25) is 5.02 Å². The minimum atomic E-state index is -3.93. The molecule has 1 aromatic rings. The predicted octanol–water partition coefficient (Wildman–Crippen LogP) is 1.95. The van der Waals surface area contributed by atoms with Crippen molar-refractivity contribution in [3.8, 4) is 0 Å². The highest BCUT2D eigenvalue weighted by atomic mass is 35.5. The Morgan fingerprint density at radius 1 is 1.31 bits per heavy atom. The summed E-state index contributed by atoms with van der Waals surface area (Å²) in [4.78, 5) is 24.3. The normalized spacial score (nSPS) is 18.4. The van der Waals surface area contributed by atoms with Crippen LogP contribution >= 0.6 is 11.6 Å². The summed E-state index contributed by atoms with van der Waals surface area (Å²) >= 11 is 5.81. The molecule has 1 fully saturated rings. The van der Waals surface area contributed by atoms with Gasteiger partial charge in [0.05, 0.1) is 17.9 Å². The van der Waals surface area contributed by atoms with Gasteiger partial charge in [0, 0.05) is 18.1 Å². The summed E-state index contributed by atoms with van der Waals surface area (Å²) < 4.78 is 31.9. The predicted molar refractivity (Wildman–Crippen MR) is 97.2 cm³/mol. The molecular formula is C17H23ClN2O5S. The summed E-state index contributed by atoms with van der Waals surface area (Å²) in [7, 11) is -3.93. The van der Waals surface area contributed by atoms with Crippen LogP contribution in [-0.4, -0.2) is 50.3 Å². The molecule has 0 radical (unpaired) electrons. The number of esters is 1. The number of unbranched alkanes of at least 4 members (excludes halogenated alkanes) is 2. The molecule has 9 heteroatoms. The summed E-state index contributed by atoms with van der Waals surface area (Å²) in [5.74, 6) is -1.08. The highest BCUT2D eigenvalue weighted by Gasteiger charge is 2.39. The first-order chi connectivity index (χ1) is 12.4. The van der Waals surface area contributed by atoms with Crippen LogP contribution in [0.3, 0.4) is 0 Å². The van der Waals surface area contributed by atoms with E-state index in [1.165, 1.54) is 24.3 Å². The molecule has 26 heavy (non-hydrogen) atoms. The SMILES string of the molecule is CCCCCOC(=O)CC1C(=O)NCCN1S(=O)(=O)c1ccc(Cl)cc1. The Kier molecular flexibility index (Phi) is 7.43. The third-order valence-corrected chi connectivity index (χ3v) is 6.25. The molecule has 1 atom stereocenters. The Morgan fingerprint density at radius 2 is 2.00 bits per heavy atom. The summed E-state index contributed by atoms with van der Waals surface area (Å²) in [6.07, 6.45) is 2.36. The number of nitrogens with one attached hydrogen (secondary N) is 1. The van der Waals surface area contributed by atoms with Gasteiger partial charge in [-0.05, 0) is 30.7 Å². The second-order valence-electron chi connectivity index (χ2n) is 6.01. The first-order valence-electron chi connectivity index (χ1n) is 8.57. The zero-order valence-electron chi connectivity index (χ0n) is 14.6. The largest absolute Gasteiger partial charge is 0.466 e. The maximum absolute atomic E-state index is 12.9. The number of carbonyl (C=O) groups is 2. The van der Waals surface area contributed by atoms with Crippen molar-refractivity contribution in [1.29, 1.82) is 0 Å². The average Bonchev–Trinajstić information content (AvgIpc) is 2.61. The van der Waals surface area contributed by atoms with Crippen molar-refractivity contribution in [2.75, 3.05) is 19.7 Å². The molecule has 7 nitrogen and oxygen atoms in total. The van der Waals surface area contributed by atoms with E-state index in [0.29, 0.717) is 5.02 Å². The van der Waals surface area contributed by atoms with E-state index in [2.05, 4.69) is 5.32 Å². The Bertz CT molecular complexity index is 736. The number of benzene rings is 1. The number of ether oxygens (including phenoxy) is 1. The van der Waals surface area contributed by atoms with E-state index in [1.54, 1.807) is 0 Å². The number of hydrogen-bond acceptors (Lipinski definition) is 5. The van der Waals surface area contributed by atoms with E-state index in [9.17, 15) is 18.0 Å². The minimum Gasteiger partial charge on any atom is -0.466 e. The lowest BCUT2D eigenvalue weighted by Gasteiger charge is -2.33. The number of nitrogens with zero attached hydrogens (tertiary/aromatic N) is 1. The van der Waals surface area contributed by atoms with Crippen molar-refractivity contribution in [3.63, 3.8) is 0 Å². The number of halogens is 1. The monoisotopic (exact) mass is 402 g/mol. The highest BCUT2D eigenvalue weighted by Crippen LogP contribution is 2.23. The Balaban J connectivity index is 2.13. The van der Waals surface area contributed by atoms with Gasteiger partial charge in [-0.25, -0.2) is 8.42 Å².